The summed E-state index contributed by atoms with van der Waals surface area (Å²) >= 11 is 0. The minimum absolute atomic E-state index is 0.653. The highest BCUT2D eigenvalue weighted by molar-refractivity contribution is 5.82. The maximum absolute atomic E-state index is 9.23. The van der Waals surface area contributed by atoms with Gasteiger partial charge in [0.2, 0.25) is 0 Å². The summed E-state index contributed by atoms with van der Waals surface area (Å²) in [5.41, 5.74) is 5.53. The number of nitrogens with zero attached hydrogens (tertiary/aromatic N) is 1. The molecule has 0 radical (unpaired) electrons. The number of hydrogen-bond donors (Lipinski definition) is 0. The molecule has 124 valence electrons. The van der Waals surface area contributed by atoms with E-state index in [1.54, 1.807) is 20.3 Å². The highest BCUT2D eigenvalue weighted by atomic mass is 16.5. The van der Waals surface area contributed by atoms with Crippen molar-refractivity contribution in [2.24, 2.45) is 0 Å². The largest absolute Gasteiger partial charge is 0.493 e. The number of aryl methyl sites for hydroxylation is 2. The van der Waals surface area contributed by atoms with Crippen molar-refractivity contribution in [1.82, 2.24) is 0 Å². The first-order chi connectivity index (χ1) is 11.7. The molecule has 0 bridgehead atoms. The molecule has 3 heteroatoms. The summed E-state index contributed by atoms with van der Waals surface area (Å²) in [5.74, 6) is 1.33. The summed E-state index contributed by atoms with van der Waals surface area (Å²) in [4.78, 5) is 0. The van der Waals surface area contributed by atoms with E-state index in [0.29, 0.717) is 11.5 Å². The Hall–Kier alpha value is -2.73. The van der Waals surface area contributed by atoms with Gasteiger partial charge in [0.15, 0.2) is 11.5 Å². The van der Waals surface area contributed by atoms with Crippen LogP contribution in [-0.4, -0.2) is 14.2 Å². The molecule has 0 N–H and O–H groups in total. The third-order valence-electron chi connectivity index (χ3n) is 4.18. The Morgan fingerprint density at radius 1 is 0.917 bits per heavy atom. The molecule has 0 spiro atoms. The van der Waals surface area contributed by atoms with Crippen molar-refractivity contribution in [3.8, 4) is 17.6 Å². The third kappa shape index (κ3) is 3.60. The molecule has 0 fully saturated rings. The van der Waals surface area contributed by atoms with E-state index < -0.39 is 0 Å². The van der Waals surface area contributed by atoms with Crippen molar-refractivity contribution in [3.05, 3.63) is 64.7 Å². The maximum Gasteiger partial charge on any atom is 0.161 e. The fourth-order valence-electron chi connectivity index (χ4n) is 2.87. The van der Waals surface area contributed by atoms with Crippen molar-refractivity contribution in [2.45, 2.75) is 26.7 Å². The van der Waals surface area contributed by atoms with Gasteiger partial charge in [-0.3, -0.25) is 0 Å². The number of methoxy groups -OCH3 is 2. The van der Waals surface area contributed by atoms with Gasteiger partial charge < -0.3 is 9.47 Å². The predicted octanol–water partition coefficient (Wildman–Crippen LogP) is 4.78. The lowest BCUT2D eigenvalue weighted by Gasteiger charge is -2.14. The molecule has 2 aromatic carbocycles. The highest BCUT2D eigenvalue weighted by Crippen LogP contribution is 2.33. The molecule has 3 nitrogen and oxygen atoms in total. The second-order valence-electron chi connectivity index (χ2n) is 5.45. The van der Waals surface area contributed by atoms with Gasteiger partial charge in [-0.15, -0.1) is 0 Å². The topological polar surface area (TPSA) is 42.2 Å². The molecule has 0 aliphatic heterocycles. The van der Waals surface area contributed by atoms with Crippen molar-refractivity contribution >= 4 is 5.57 Å². The number of allylic oxidation sites excluding steroid dienone is 1. The minimum atomic E-state index is 0.653. The van der Waals surface area contributed by atoms with E-state index in [0.717, 1.165) is 29.5 Å². The van der Waals surface area contributed by atoms with Crippen LogP contribution >= 0.6 is 0 Å². The van der Waals surface area contributed by atoms with E-state index >= 15 is 0 Å². The fourth-order valence-corrected chi connectivity index (χ4v) is 2.87. The molecular formula is C21H23NO2. The Balaban J connectivity index is 2.56. The zero-order valence-corrected chi connectivity index (χ0v) is 14.7. The lowest BCUT2D eigenvalue weighted by molar-refractivity contribution is 0.355. The van der Waals surface area contributed by atoms with Crippen LogP contribution < -0.4 is 9.47 Å². The van der Waals surface area contributed by atoms with E-state index in [2.05, 4.69) is 38.1 Å². The monoisotopic (exact) mass is 321 g/mol. The SMILES string of the molecule is CCc1ccc(C(=CC#N)c2ccc(OC)c(OC)c2)cc1CC. The lowest BCUT2D eigenvalue weighted by Crippen LogP contribution is -1.96. The van der Waals surface area contributed by atoms with Gasteiger partial charge in [0.05, 0.1) is 20.3 Å². The molecule has 2 rings (SSSR count). The van der Waals surface area contributed by atoms with Crippen LogP contribution in [0.15, 0.2) is 42.5 Å². The smallest absolute Gasteiger partial charge is 0.161 e. The minimum Gasteiger partial charge on any atom is -0.493 e. The van der Waals surface area contributed by atoms with E-state index in [9.17, 15) is 5.26 Å². The van der Waals surface area contributed by atoms with Crippen LogP contribution in [0.2, 0.25) is 0 Å². The van der Waals surface area contributed by atoms with Crippen LogP contribution in [0.4, 0.5) is 0 Å². The molecule has 0 aromatic heterocycles. The quantitative estimate of drug-likeness (QED) is 0.719. The highest BCUT2D eigenvalue weighted by Gasteiger charge is 2.11. The van der Waals surface area contributed by atoms with Gasteiger partial charge in [-0.1, -0.05) is 38.1 Å². The number of hydrogen-bond acceptors (Lipinski definition) is 3. The zero-order valence-electron chi connectivity index (χ0n) is 14.7. The lowest BCUT2D eigenvalue weighted by atomic mass is 9.92. The molecule has 0 heterocycles. The summed E-state index contributed by atoms with van der Waals surface area (Å²) in [6.45, 7) is 4.32. The van der Waals surface area contributed by atoms with Crippen molar-refractivity contribution in [3.63, 3.8) is 0 Å². The molecule has 0 amide bonds. The summed E-state index contributed by atoms with van der Waals surface area (Å²) in [7, 11) is 3.22. The Morgan fingerprint density at radius 3 is 2.12 bits per heavy atom. The van der Waals surface area contributed by atoms with Gasteiger partial charge in [-0.2, -0.15) is 5.26 Å². The molecule has 24 heavy (non-hydrogen) atoms. The summed E-state index contributed by atoms with van der Waals surface area (Å²) in [5, 5.41) is 9.23. The molecule has 0 atom stereocenters. The first kappa shape index (κ1) is 17.6. The molecular weight excluding hydrogens is 298 g/mol. The average Bonchev–Trinajstić information content (AvgIpc) is 2.64. The second-order valence-corrected chi connectivity index (χ2v) is 5.45. The van der Waals surface area contributed by atoms with Crippen LogP contribution in [0.3, 0.4) is 0 Å². The zero-order chi connectivity index (χ0) is 17.5. The van der Waals surface area contributed by atoms with E-state index in [-0.39, 0.29) is 0 Å². The van der Waals surface area contributed by atoms with Crippen molar-refractivity contribution in [2.75, 3.05) is 14.2 Å². The molecule has 2 aromatic rings. The molecule has 0 saturated heterocycles. The summed E-state index contributed by atoms with van der Waals surface area (Å²) in [6, 6.07) is 14.3. The average molecular weight is 321 g/mol. The van der Waals surface area contributed by atoms with Crippen LogP contribution in [0.25, 0.3) is 5.57 Å². The summed E-state index contributed by atoms with van der Waals surface area (Å²) < 4.78 is 10.7. The number of ether oxygens (including phenoxy) is 2. The molecule has 0 aliphatic rings. The van der Waals surface area contributed by atoms with Crippen molar-refractivity contribution < 1.29 is 9.47 Å². The third-order valence-corrected chi connectivity index (χ3v) is 4.18. The first-order valence-electron chi connectivity index (χ1n) is 8.12. The Labute approximate surface area is 144 Å². The summed E-state index contributed by atoms with van der Waals surface area (Å²) in [6.07, 6.45) is 3.57. The Bertz CT molecular complexity index is 727. The molecule has 0 aliphatic carbocycles. The van der Waals surface area contributed by atoms with Gasteiger partial charge in [0.25, 0.3) is 0 Å². The molecule has 0 saturated carbocycles. The Kier molecular flexibility index (Phi) is 6.03. The number of benzene rings is 2. The van der Waals surface area contributed by atoms with Gasteiger partial charge in [-0.25, -0.2) is 0 Å². The van der Waals surface area contributed by atoms with Crippen molar-refractivity contribution in [1.29, 1.82) is 5.26 Å². The Morgan fingerprint density at radius 2 is 1.54 bits per heavy atom. The molecule has 0 unspecified atom stereocenters. The standard InChI is InChI=1S/C21H23NO2/c1-5-15-7-8-17(13-16(15)6-2)19(11-12-22)18-9-10-20(23-3)21(14-18)24-4/h7-11,13-14H,5-6H2,1-4H3. The number of rotatable bonds is 6. The van der Waals surface area contributed by atoms with Crippen LogP contribution in [0.5, 0.6) is 11.5 Å². The van der Waals surface area contributed by atoms with E-state index in [4.69, 9.17) is 9.47 Å². The van der Waals surface area contributed by atoms with Gasteiger partial charge >= 0.3 is 0 Å². The van der Waals surface area contributed by atoms with E-state index in [1.165, 1.54) is 11.1 Å². The fraction of sp³-hybridized carbons (Fsp3) is 0.286. The predicted molar refractivity (Wildman–Crippen MR) is 97.4 cm³/mol. The maximum atomic E-state index is 9.23. The van der Waals surface area contributed by atoms with E-state index in [1.807, 2.05) is 18.2 Å². The second kappa shape index (κ2) is 8.21. The van der Waals surface area contributed by atoms with Crippen LogP contribution in [0, 0.1) is 11.3 Å². The van der Waals surface area contributed by atoms with Crippen LogP contribution in [-0.2, 0) is 12.8 Å². The van der Waals surface area contributed by atoms with Gasteiger partial charge in [0.1, 0.15) is 0 Å². The normalized spacial score (nSPS) is 11.0. The van der Waals surface area contributed by atoms with Gasteiger partial charge in [-0.05, 0) is 52.8 Å². The first-order valence-corrected chi connectivity index (χ1v) is 8.12. The van der Waals surface area contributed by atoms with Crippen LogP contribution in [0.1, 0.15) is 36.1 Å². The van der Waals surface area contributed by atoms with Gasteiger partial charge in [0, 0.05) is 6.08 Å². The number of nitriles is 1.